The molecule has 1 rings (SSSR count). The molecule has 1 aromatic rings. The normalized spacial score (nSPS) is 10.4. The van der Waals surface area contributed by atoms with Crippen LogP contribution in [0.1, 0.15) is 22.8 Å². The van der Waals surface area contributed by atoms with E-state index in [2.05, 4.69) is 0 Å². The minimum absolute atomic E-state index is 0.00773. The number of carboxylic acid groups (broad SMARTS) is 1. The lowest BCUT2D eigenvalue weighted by atomic mass is 10.0. The van der Waals surface area contributed by atoms with E-state index in [0.717, 1.165) is 0 Å². The molecular weight excluding hydrogens is 231 g/mol. The maximum Gasteiger partial charge on any atom is 0.336 e. The Morgan fingerprint density at radius 1 is 1.50 bits per heavy atom. The lowest BCUT2D eigenvalue weighted by Gasteiger charge is -2.09. The summed E-state index contributed by atoms with van der Waals surface area (Å²) < 4.78 is 13.9. The maximum absolute atomic E-state index is 13.9. The smallest absolute Gasteiger partial charge is 0.336 e. The third-order valence-electron chi connectivity index (χ3n) is 2.14. The lowest BCUT2D eigenvalue weighted by molar-refractivity contribution is 0.0695. The van der Waals surface area contributed by atoms with Gasteiger partial charge < -0.3 is 10.2 Å². The van der Waals surface area contributed by atoms with Crippen LogP contribution in [0.5, 0.6) is 0 Å². The van der Waals surface area contributed by atoms with Gasteiger partial charge in [0.2, 0.25) is 0 Å². The predicted molar refractivity (Wildman–Crippen MR) is 60.5 cm³/mol. The predicted octanol–water partition coefficient (Wildman–Crippen LogP) is 2.17. The average molecular weight is 244 g/mol. The van der Waals surface area contributed by atoms with Crippen LogP contribution in [0.3, 0.4) is 0 Å². The van der Waals surface area contributed by atoms with Crippen LogP contribution in [0.25, 0.3) is 0 Å². The Balaban J connectivity index is 3.12. The highest BCUT2D eigenvalue weighted by Crippen LogP contribution is 2.26. The Morgan fingerprint density at radius 3 is 2.69 bits per heavy atom. The van der Waals surface area contributed by atoms with Crippen molar-refractivity contribution >= 4 is 17.7 Å². The van der Waals surface area contributed by atoms with Gasteiger partial charge in [-0.3, -0.25) is 0 Å². The molecule has 0 aliphatic carbocycles. The Bertz CT molecular complexity index is 393. The van der Waals surface area contributed by atoms with Crippen molar-refractivity contribution in [2.24, 2.45) is 0 Å². The van der Waals surface area contributed by atoms with Gasteiger partial charge in [-0.25, -0.2) is 9.18 Å². The Morgan fingerprint density at radius 2 is 2.19 bits per heavy atom. The van der Waals surface area contributed by atoms with Gasteiger partial charge in [0.1, 0.15) is 5.82 Å². The van der Waals surface area contributed by atoms with Crippen molar-refractivity contribution in [1.29, 1.82) is 0 Å². The fraction of sp³-hybridized carbons (Fsp3) is 0.364. The zero-order valence-corrected chi connectivity index (χ0v) is 9.68. The first-order chi connectivity index (χ1) is 7.61. The van der Waals surface area contributed by atoms with E-state index in [1.165, 1.54) is 23.9 Å². The molecule has 0 atom stereocenters. The van der Waals surface area contributed by atoms with Gasteiger partial charge in [-0.2, -0.15) is 0 Å². The first-order valence-electron chi connectivity index (χ1n) is 4.90. The minimum Gasteiger partial charge on any atom is -0.478 e. The van der Waals surface area contributed by atoms with Crippen LogP contribution in [-0.4, -0.2) is 28.5 Å². The number of hydrogen-bond acceptors (Lipinski definition) is 3. The molecule has 0 heterocycles. The summed E-state index contributed by atoms with van der Waals surface area (Å²) in [4.78, 5) is 11.2. The number of aliphatic hydroxyl groups excluding tert-OH is 1. The zero-order valence-electron chi connectivity index (χ0n) is 8.86. The van der Waals surface area contributed by atoms with Crippen LogP contribution < -0.4 is 0 Å². The SMILES string of the molecule is CCc1c(C(=O)O)ccc(SCCO)c1F. The average Bonchev–Trinajstić information content (AvgIpc) is 2.26. The van der Waals surface area contributed by atoms with E-state index in [1.54, 1.807) is 6.92 Å². The summed E-state index contributed by atoms with van der Waals surface area (Å²) in [6.07, 6.45) is 0.334. The van der Waals surface area contributed by atoms with E-state index < -0.39 is 11.8 Å². The van der Waals surface area contributed by atoms with Crippen LogP contribution in [0.4, 0.5) is 4.39 Å². The van der Waals surface area contributed by atoms with Gasteiger partial charge in [0.05, 0.1) is 12.2 Å². The first kappa shape index (κ1) is 13.0. The molecule has 2 N–H and O–H groups in total. The van der Waals surface area contributed by atoms with Crippen LogP contribution >= 0.6 is 11.8 Å². The summed E-state index contributed by atoms with van der Waals surface area (Å²) in [5, 5.41) is 17.5. The van der Waals surface area contributed by atoms with Crippen molar-refractivity contribution in [2.45, 2.75) is 18.2 Å². The first-order valence-corrected chi connectivity index (χ1v) is 5.88. The molecule has 16 heavy (non-hydrogen) atoms. The maximum atomic E-state index is 13.9. The standard InChI is InChI=1S/C11H13FO3S/c1-2-7-8(11(14)15)3-4-9(10(7)12)16-6-5-13/h3-4,13H,2,5-6H2,1H3,(H,14,15). The molecule has 1 aromatic carbocycles. The van der Waals surface area contributed by atoms with Crippen molar-refractivity contribution in [3.63, 3.8) is 0 Å². The molecular formula is C11H13FO3S. The number of rotatable bonds is 5. The molecule has 0 spiro atoms. The molecule has 0 aliphatic heterocycles. The Kier molecular flexibility index (Phi) is 4.76. The highest BCUT2D eigenvalue weighted by Gasteiger charge is 2.16. The second kappa shape index (κ2) is 5.86. The molecule has 3 nitrogen and oxygen atoms in total. The molecule has 5 heteroatoms. The highest BCUT2D eigenvalue weighted by molar-refractivity contribution is 7.99. The quantitative estimate of drug-likeness (QED) is 0.779. The van der Waals surface area contributed by atoms with E-state index in [1.807, 2.05) is 0 Å². The summed E-state index contributed by atoms with van der Waals surface area (Å²) >= 11 is 1.18. The van der Waals surface area contributed by atoms with Crippen LogP contribution in [0.2, 0.25) is 0 Å². The van der Waals surface area contributed by atoms with Crippen molar-refractivity contribution in [3.8, 4) is 0 Å². The Hall–Kier alpha value is -1.07. The van der Waals surface area contributed by atoms with Gasteiger partial charge in [0.25, 0.3) is 0 Å². The number of halogens is 1. The van der Waals surface area contributed by atoms with Crippen molar-refractivity contribution in [3.05, 3.63) is 29.1 Å². The van der Waals surface area contributed by atoms with Crippen molar-refractivity contribution in [2.75, 3.05) is 12.4 Å². The summed E-state index contributed by atoms with van der Waals surface area (Å²) in [5.41, 5.74) is 0.226. The second-order valence-corrected chi connectivity index (χ2v) is 4.27. The van der Waals surface area contributed by atoms with Gasteiger partial charge in [-0.15, -0.1) is 11.8 Å². The zero-order chi connectivity index (χ0) is 12.1. The van der Waals surface area contributed by atoms with Gasteiger partial charge in [-0.05, 0) is 18.6 Å². The number of hydrogen-bond donors (Lipinski definition) is 2. The summed E-state index contributed by atoms with van der Waals surface area (Å²) in [5.74, 6) is -1.21. The van der Waals surface area contributed by atoms with Gasteiger partial charge in [0.15, 0.2) is 0 Å². The monoisotopic (exact) mass is 244 g/mol. The topological polar surface area (TPSA) is 57.5 Å². The molecule has 0 bridgehead atoms. The number of aliphatic hydroxyl groups is 1. The van der Waals surface area contributed by atoms with E-state index in [0.29, 0.717) is 17.1 Å². The molecule has 0 saturated carbocycles. The van der Waals surface area contributed by atoms with E-state index in [4.69, 9.17) is 10.2 Å². The van der Waals surface area contributed by atoms with E-state index in [-0.39, 0.29) is 17.7 Å². The van der Waals surface area contributed by atoms with Crippen LogP contribution in [-0.2, 0) is 6.42 Å². The third-order valence-corrected chi connectivity index (χ3v) is 3.15. The van der Waals surface area contributed by atoms with Gasteiger partial charge >= 0.3 is 5.97 Å². The van der Waals surface area contributed by atoms with E-state index >= 15 is 0 Å². The van der Waals surface area contributed by atoms with E-state index in [9.17, 15) is 9.18 Å². The molecule has 0 amide bonds. The molecule has 88 valence electrons. The summed E-state index contributed by atoms with van der Waals surface area (Å²) in [6, 6.07) is 2.85. The summed E-state index contributed by atoms with van der Waals surface area (Å²) in [6.45, 7) is 1.68. The van der Waals surface area contributed by atoms with Crippen molar-refractivity contribution < 1.29 is 19.4 Å². The molecule has 0 aliphatic rings. The largest absolute Gasteiger partial charge is 0.478 e. The number of thioether (sulfide) groups is 1. The highest BCUT2D eigenvalue weighted by atomic mass is 32.2. The molecule has 0 saturated heterocycles. The number of benzene rings is 1. The number of aromatic carboxylic acids is 1. The number of carbonyl (C=O) groups is 1. The third kappa shape index (κ3) is 2.74. The molecule has 0 radical (unpaired) electrons. The molecule has 0 aromatic heterocycles. The lowest BCUT2D eigenvalue weighted by Crippen LogP contribution is -2.05. The number of carboxylic acids is 1. The van der Waals surface area contributed by atoms with Crippen LogP contribution in [0.15, 0.2) is 17.0 Å². The fourth-order valence-corrected chi connectivity index (χ4v) is 2.14. The van der Waals surface area contributed by atoms with Gasteiger partial charge in [0, 0.05) is 16.2 Å². The van der Waals surface area contributed by atoms with Gasteiger partial charge in [-0.1, -0.05) is 6.92 Å². The minimum atomic E-state index is -1.12. The Labute approximate surface area is 97.3 Å². The van der Waals surface area contributed by atoms with Crippen molar-refractivity contribution in [1.82, 2.24) is 0 Å². The molecule has 0 fully saturated rings. The fourth-order valence-electron chi connectivity index (χ4n) is 1.41. The molecule has 0 unspecified atom stereocenters. The summed E-state index contributed by atoms with van der Waals surface area (Å²) in [7, 11) is 0. The van der Waals surface area contributed by atoms with Crippen LogP contribution in [0, 0.1) is 5.82 Å². The second-order valence-electron chi connectivity index (χ2n) is 3.13.